The third kappa shape index (κ3) is 5.94. The number of amides is 1. The Balaban J connectivity index is 2.40. The van der Waals surface area contributed by atoms with Gasteiger partial charge in [0.25, 0.3) is 0 Å². The van der Waals surface area contributed by atoms with Crippen molar-refractivity contribution in [2.75, 3.05) is 13.1 Å². The molecule has 3 N–H and O–H groups in total. The van der Waals surface area contributed by atoms with E-state index in [1.807, 2.05) is 11.8 Å². The number of unbranched alkanes of at least 4 members (excludes halogenated alkanes) is 1. The van der Waals surface area contributed by atoms with Crippen LogP contribution in [0.5, 0.6) is 0 Å². The molecule has 1 rings (SSSR count). The Labute approximate surface area is 128 Å². The molecule has 0 aromatic rings. The molecule has 0 aromatic carbocycles. The van der Waals surface area contributed by atoms with Crippen molar-refractivity contribution in [3.63, 3.8) is 0 Å². The zero-order chi connectivity index (χ0) is 15.7. The molecule has 1 fully saturated rings. The Morgan fingerprint density at radius 3 is 2.48 bits per heavy atom. The van der Waals surface area contributed by atoms with Gasteiger partial charge in [0.05, 0.1) is 0 Å². The molecule has 0 heterocycles. The van der Waals surface area contributed by atoms with Crippen molar-refractivity contribution in [1.82, 2.24) is 4.90 Å². The molecule has 1 amide bonds. The lowest BCUT2D eigenvalue weighted by molar-refractivity contribution is -0.136. The number of carbonyl (C=O) groups excluding carboxylic acids is 1. The van der Waals surface area contributed by atoms with E-state index in [1.54, 1.807) is 0 Å². The van der Waals surface area contributed by atoms with Crippen LogP contribution in [0.2, 0.25) is 0 Å². The Kier molecular flexibility index (Phi) is 8.16. The molecule has 0 bridgehead atoms. The van der Waals surface area contributed by atoms with Gasteiger partial charge in [-0.1, -0.05) is 31.3 Å². The second-order valence-corrected chi connectivity index (χ2v) is 6.12. The van der Waals surface area contributed by atoms with E-state index in [4.69, 9.17) is 10.9 Å². The van der Waals surface area contributed by atoms with Gasteiger partial charge in [0, 0.05) is 25.4 Å². The first-order chi connectivity index (χ1) is 10.1. The summed E-state index contributed by atoms with van der Waals surface area (Å²) in [7, 11) is 0. The molecular formula is C16H31N3O2. The Morgan fingerprint density at radius 2 is 1.95 bits per heavy atom. The van der Waals surface area contributed by atoms with Crippen LogP contribution in [0.3, 0.4) is 0 Å². The normalized spacial score (nSPS) is 23.0. The Bertz CT molecular complexity index is 336. The van der Waals surface area contributed by atoms with Crippen LogP contribution in [0.4, 0.5) is 0 Å². The number of nitrogens with two attached hydrogens (primary N) is 1. The van der Waals surface area contributed by atoms with Crippen molar-refractivity contribution < 1.29 is 10.0 Å². The number of nitrogens with zero attached hydrogens (tertiary/aromatic N) is 2. The maximum absolute atomic E-state index is 12.5. The van der Waals surface area contributed by atoms with E-state index in [9.17, 15) is 4.79 Å². The monoisotopic (exact) mass is 297 g/mol. The van der Waals surface area contributed by atoms with E-state index in [2.05, 4.69) is 12.1 Å². The van der Waals surface area contributed by atoms with Gasteiger partial charge in [0.1, 0.15) is 5.84 Å². The molecule has 0 saturated heterocycles. The molecule has 5 heteroatoms. The summed E-state index contributed by atoms with van der Waals surface area (Å²) >= 11 is 0. The van der Waals surface area contributed by atoms with Gasteiger partial charge in [-0.05, 0) is 38.5 Å². The SMILES string of the molecule is CCCCC1CCC(C(=O)N(CC)CCC(N)=NO)CC1. The van der Waals surface area contributed by atoms with Crippen molar-refractivity contribution >= 4 is 11.7 Å². The molecule has 21 heavy (non-hydrogen) atoms. The number of carbonyl (C=O) groups is 1. The first-order valence-corrected chi connectivity index (χ1v) is 8.37. The lowest BCUT2D eigenvalue weighted by Crippen LogP contribution is -2.39. The van der Waals surface area contributed by atoms with Crippen molar-refractivity contribution in [3.8, 4) is 0 Å². The smallest absolute Gasteiger partial charge is 0.225 e. The highest BCUT2D eigenvalue weighted by Crippen LogP contribution is 2.32. The molecule has 5 nitrogen and oxygen atoms in total. The van der Waals surface area contributed by atoms with Gasteiger partial charge in [0.15, 0.2) is 0 Å². The molecule has 0 aliphatic heterocycles. The molecule has 0 radical (unpaired) electrons. The molecule has 1 aliphatic rings. The van der Waals surface area contributed by atoms with Gasteiger partial charge >= 0.3 is 0 Å². The standard InChI is InChI=1S/C16H31N3O2/c1-3-5-6-13-7-9-14(10-8-13)16(20)19(4-2)12-11-15(17)18-21/h13-14,21H,3-12H2,1-2H3,(H2,17,18). The summed E-state index contributed by atoms with van der Waals surface area (Å²) in [5.74, 6) is 1.43. The number of hydrogen-bond donors (Lipinski definition) is 2. The van der Waals surface area contributed by atoms with Crippen LogP contribution in [-0.2, 0) is 4.79 Å². The number of oxime groups is 1. The minimum Gasteiger partial charge on any atom is -0.409 e. The maximum Gasteiger partial charge on any atom is 0.225 e. The van der Waals surface area contributed by atoms with Crippen LogP contribution in [0, 0.1) is 11.8 Å². The largest absolute Gasteiger partial charge is 0.409 e. The number of rotatable bonds is 8. The Morgan fingerprint density at radius 1 is 1.29 bits per heavy atom. The van der Waals surface area contributed by atoms with E-state index >= 15 is 0 Å². The van der Waals surface area contributed by atoms with E-state index in [1.165, 1.54) is 32.1 Å². The fourth-order valence-electron chi connectivity index (χ4n) is 3.17. The van der Waals surface area contributed by atoms with Crippen LogP contribution in [0.25, 0.3) is 0 Å². The highest BCUT2D eigenvalue weighted by atomic mass is 16.4. The number of amidine groups is 1. The van der Waals surface area contributed by atoms with Crippen molar-refractivity contribution in [1.29, 1.82) is 0 Å². The van der Waals surface area contributed by atoms with Gasteiger partial charge in [-0.25, -0.2) is 0 Å². The highest BCUT2D eigenvalue weighted by Gasteiger charge is 2.28. The summed E-state index contributed by atoms with van der Waals surface area (Å²) in [4.78, 5) is 14.4. The first-order valence-electron chi connectivity index (χ1n) is 8.37. The first kappa shape index (κ1) is 17.8. The summed E-state index contributed by atoms with van der Waals surface area (Å²) in [6.45, 7) is 5.45. The highest BCUT2D eigenvalue weighted by molar-refractivity contribution is 5.82. The quantitative estimate of drug-likeness (QED) is 0.313. The van der Waals surface area contributed by atoms with Crippen LogP contribution in [0.15, 0.2) is 5.16 Å². The van der Waals surface area contributed by atoms with Crippen molar-refractivity contribution in [3.05, 3.63) is 0 Å². The fraction of sp³-hybridized carbons (Fsp3) is 0.875. The lowest BCUT2D eigenvalue weighted by atomic mass is 9.79. The van der Waals surface area contributed by atoms with Crippen molar-refractivity contribution in [2.24, 2.45) is 22.7 Å². The van der Waals surface area contributed by atoms with E-state index < -0.39 is 0 Å². The van der Waals surface area contributed by atoms with Crippen LogP contribution >= 0.6 is 0 Å². The van der Waals surface area contributed by atoms with E-state index in [0.717, 1.165) is 18.8 Å². The molecule has 122 valence electrons. The average molecular weight is 297 g/mol. The zero-order valence-corrected chi connectivity index (χ0v) is 13.6. The topological polar surface area (TPSA) is 78.9 Å². The minimum atomic E-state index is 0.176. The average Bonchev–Trinajstić information content (AvgIpc) is 2.53. The molecule has 0 aromatic heterocycles. The van der Waals surface area contributed by atoms with Gasteiger partial charge in [-0.2, -0.15) is 0 Å². The fourth-order valence-corrected chi connectivity index (χ4v) is 3.17. The zero-order valence-electron chi connectivity index (χ0n) is 13.6. The summed E-state index contributed by atoms with van der Waals surface area (Å²) in [5, 5.41) is 11.5. The molecule has 0 spiro atoms. The lowest BCUT2D eigenvalue weighted by Gasteiger charge is -2.31. The molecule has 1 saturated carbocycles. The molecule has 1 aliphatic carbocycles. The molecule has 0 unspecified atom stereocenters. The van der Waals surface area contributed by atoms with Crippen LogP contribution in [-0.4, -0.2) is 34.9 Å². The molecule has 0 atom stereocenters. The summed E-state index contributed by atoms with van der Waals surface area (Å²) in [6, 6.07) is 0. The summed E-state index contributed by atoms with van der Waals surface area (Å²) in [6.07, 6.45) is 8.74. The third-order valence-electron chi connectivity index (χ3n) is 4.62. The second-order valence-electron chi connectivity index (χ2n) is 6.12. The molecular weight excluding hydrogens is 266 g/mol. The van der Waals surface area contributed by atoms with Gasteiger partial charge in [-0.3, -0.25) is 4.79 Å². The van der Waals surface area contributed by atoms with E-state index in [-0.39, 0.29) is 17.7 Å². The second kappa shape index (κ2) is 9.64. The Hall–Kier alpha value is -1.26. The predicted octanol–water partition coefficient (Wildman–Crippen LogP) is 2.97. The number of hydrogen-bond acceptors (Lipinski definition) is 3. The van der Waals surface area contributed by atoms with Gasteiger partial charge < -0.3 is 15.8 Å². The maximum atomic E-state index is 12.5. The minimum absolute atomic E-state index is 0.176. The summed E-state index contributed by atoms with van der Waals surface area (Å²) < 4.78 is 0. The summed E-state index contributed by atoms with van der Waals surface area (Å²) in [5.41, 5.74) is 5.48. The van der Waals surface area contributed by atoms with Crippen molar-refractivity contribution in [2.45, 2.75) is 65.2 Å². The predicted molar refractivity (Wildman–Crippen MR) is 85.3 cm³/mol. The van der Waals surface area contributed by atoms with Crippen LogP contribution < -0.4 is 5.73 Å². The third-order valence-corrected chi connectivity index (χ3v) is 4.62. The van der Waals surface area contributed by atoms with Gasteiger partial charge in [0.2, 0.25) is 5.91 Å². The van der Waals surface area contributed by atoms with Gasteiger partial charge in [-0.15, -0.1) is 0 Å². The van der Waals surface area contributed by atoms with Crippen LogP contribution in [0.1, 0.15) is 65.2 Å². The van der Waals surface area contributed by atoms with E-state index in [0.29, 0.717) is 19.5 Å².